The Morgan fingerprint density at radius 3 is 2.00 bits per heavy atom. The largest absolute Gasteiger partial charge is 0.274 e. The Hall–Kier alpha value is -1.06. The van der Waals surface area contributed by atoms with Crippen molar-refractivity contribution in [3.8, 4) is 0 Å². The Balaban J connectivity index is 3.18. The van der Waals surface area contributed by atoms with E-state index >= 15 is 0 Å². The van der Waals surface area contributed by atoms with E-state index in [0.29, 0.717) is 6.42 Å². The molecule has 0 fully saturated rings. The van der Waals surface area contributed by atoms with Gasteiger partial charge >= 0.3 is 0 Å². The predicted molar refractivity (Wildman–Crippen MR) is 64.6 cm³/mol. The Morgan fingerprint density at radius 2 is 1.44 bits per heavy atom. The van der Waals surface area contributed by atoms with Crippen LogP contribution in [0, 0.1) is 0 Å². The molecule has 0 saturated heterocycles. The summed E-state index contributed by atoms with van der Waals surface area (Å²) in [5.74, 6) is -0.350. The molecule has 0 aliphatic carbocycles. The highest BCUT2D eigenvalue weighted by Gasteiger charge is 2.00. The number of carbonyl (C=O) groups is 2. The molecular formula is C12H24N2O2. The number of hydrogen-bond acceptors (Lipinski definition) is 2. The fourth-order valence-electron chi connectivity index (χ4n) is 1.46. The number of hydrazine groups is 1. The molecule has 0 saturated carbocycles. The van der Waals surface area contributed by atoms with Crippen molar-refractivity contribution >= 4 is 11.8 Å². The molecule has 0 aliphatic heterocycles. The van der Waals surface area contributed by atoms with Crippen LogP contribution < -0.4 is 10.9 Å². The van der Waals surface area contributed by atoms with Crippen LogP contribution in [0.4, 0.5) is 0 Å². The summed E-state index contributed by atoms with van der Waals surface area (Å²) in [6.07, 6.45) is 8.83. The zero-order valence-electron chi connectivity index (χ0n) is 10.5. The van der Waals surface area contributed by atoms with Crippen molar-refractivity contribution < 1.29 is 9.59 Å². The molecule has 0 bridgehead atoms. The predicted octanol–water partition coefficient (Wildman–Crippen LogP) is 2.29. The molecule has 0 aromatic heterocycles. The summed E-state index contributed by atoms with van der Waals surface area (Å²) in [6, 6.07) is 0. The van der Waals surface area contributed by atoms with Gasteiger partial charge in [-0.2, -0.15) is 0 Å². The summed E-state index contributed by atoms with van der Waals surface area (Å²) < 4.78 is 0. The van der Waals surface area contributed by atoms with Gasteiger partial charge in [0.15, 0.2) is 0 Å². The molecule has 0 spiro atoms. The Bertz CT molecular complexity index is 205. The molecule has 4 nitrogen and oxygen atoms in total. The topological polar surface area (TPSA) is 58.2 Å². The number of carbonyl (C=O) groups excluding carboxylic acids is 2. The third-order valence-electron chi connectivity index (χ3n) is 2.39. The Morgan fingerprint density at radius 1 is 0.875 bits per heavy atom. The monoisotopic (exact) mass is 228 g/mol. The zero-order chi connectivity index (χ0) is 12.2. The minimum Gasteiger partial charge on any atom is -0.274 e. The second-order valence-corrected chi connectivity index (χ2v) is 4.10. The van der Waals surface area contributed by atoms with Crippen molar-refractivity contribution in [1.82, 2.24) is 10.9 Å². The van der Waals surface area contributed by atoms with Crippen LogP contribution in [0.15, 0.2) is 0 Å². The molecule has 94 valence electrons. The van der Waals surface area contributed by atoms with E-state index in [1.54, 1.807) is 0 Å². The molecule has 0 aliphatic rings. The zero-order valence-corrected chi connectivity index (χ0v) is 10.5. The molecule has 16 heavy (non-hydrogen) atoms. The lowest BCUT2D eigenvalue weighted by atomic mass is 10.1. The summed E-state index contributed by atoms with van der Waals surface area (Å²) >= 11 is 0. The molecule has 4 heteroatoms. The van der Waals surface area contributed by atoms with Gasteiger partial charge in [-0.1, -0.05) is 45.4 Å². The van der Waals surface area contributed by atoms with Gasteiger partial charge in [-0.25, -0.2) is 0 Å². The smallest absolute Gasteiger partial charge is 0.238 e. The van der Waals surface area contributed by atoms with Crippen molar-refractivity contribution in [2.24, 2.45) is 0 Å². The van der Waals surface area contributed by atoms with E-state index in [1.165, 1.54) is 39.0 Å². The van der Waals surface area contributed by atoms with Gasteiger partial charge in [-0.3, -0.25) is 20.4 Å². The third-order valence-corrected chi connectivity index (χ3v) is 2.39. The highest BCUT2D eigenvalue weighted by Crippen LogP contribution is 2.07. The maximum Gasteiger partial charge on any atom is 0.238 e. The third kappa shape index (κ3) is 11.0. The van der Waals surface area contributed by atoms with E-state index in [1.807, 2.05) is 0 Å². The average Bonchev–Trinajstić information content (AvgIpc) is 2.25. The van der Waals surface area contributed by atoms with Crippen molar-refractivity contribution in [2.75, 3.05) is 0 Å². The number of unbranched alkanes of at least 4 members (excludes halogenated alkanes) is 6. The van der Waals surface area contributed by atoms with Gasteiger partial charge in [0, 0.05) is 13.3 Å². The van der Waals surface area contributed by atoms with Gasteiger partial charge in [-0.15, -0.1) is 0 Å². The minimum absolute atomic E-state index is 0.108. The minimum atomic E-state index is -0.243. The molecule has 0 heterocycles. The first kappa shape index (κ1) is 14.9. The molecule has 0 unspecified atom stereocenters. The van der Waals surface area contributed by atoms with Crippen LogP contribution in [0.2, 0.25) is 0 Å². The maximum absolute atomic E-state index is 11.2. The van der Waals surface area contributed by atoms with Gasteiger partial charge in [0.05, 0.1) is 0 Å². The normalized spacial score (nSPS) is 9.88. The van der Waals surface area contributed by atoms with Crippen LogP contribution in [0.5, 0.6) is 0 Å². The van der Waals surface area contributed by atoms with Crippen LogP contribution >= 0.6 is 0 Å². The first-order valence-corrected chi connectivity index (χ1v) is 6.22. The van der Waals surface area contributed by atoms with Gasteiger partial charge in [-0.05, 0) is 6.42 Å². The summed E-state index contributed by atoms with van der Waals surface area (Å²) in [7, 11) is 0. The lowest BCUT2D eigenvalue weighted by molar-refractivity contribution is -0.127. The van der Waals surface area contributed by atoms with Gasteiger partial charge < -0.3 is 0 Å². The van der Waals surface area contributed by atoms with Gasteiger partial charge in [0.2, 0.25) is 11.8 Å². The van der Waals surface area contributed by atoms with E-state index in [2.05, 4.69) is 17.8 Å². The first-order chi connectivity index (χ1) is 7.66. The standard InChI is InChI=1S/C12H24N2O2/c1-3-4-5-6-7-8-9-10-12(16)14-13-11(2)15/h3-10H2,1-2H3,(H,13,15)(H,14,16). The van der Waals surface area contributed by atoms with Crippen molar-refractivity contribution in [3.63, 3.8) is 0 Å². The molecule has 0 atom stereocenters. The lowest BCUT2D eigenvalue weighted by Crippen LogP contribution is -2.40. The fraction of sp³-hybridized carbons (Fsp3) is 0.833. The first-order valence-electron chi connectivity index (χ1n) is 6.22. The highest BCUT2D eigenvalue weighted by molar-refractivity contribution is 5.80. The van der Waals surface area contributed by atoms with Crippen molar-refractivity contribution in [2.45, 2.75) is 65.2 Å². The van der Waals surface area contributed by atoms with E-state index < -0.39 is 0 Å². The van der Waals surface area contributed by atoms with Crippen LogP contribution in [0.1, 0.15) is 65.2 Å². The molecule has 2 N–H and O–H groups in total. The summed E-state index contributed by atoms with van der Waals surface area (Å²) in [4.78, 5) is 21.7. The molecule has 0 aromatic rings. The van der Waals surface area contributed by atoms with E-state index in [0.717, 1.165) is 12.8 Å². The van der Waals surface area contributed by atoms with Crippen LogP contribution in [-0.2, 0) is 9.59 Å². The summed E-state index contributed by atoms with van der Waals surface area (Å²) in [5.41, 5.74) is 4.63. The highest BCUT2D eigenvalue weighted by atomic mass is 16.2. The average molecular weight is 228 g/mol. The van der Waals surface area contributed by atoms with Crippen molar-refractivity contribution in [1.29, 1.82) is 0 Å². The van der Waals surface area contributed by atoms with Crippen molar-refractivity contribution in [3.05, 3.63) is 0 Å². The lowest BCUT2D eigenvalue weighted by Gasteiger charge is -2.04. The number of amides is 2. The van der Waals surface area contributed by atoms with E-state index in [-0.39, 0.29) is 11.8 Å². The molecule has 0 rings (SSSR count). The summed E-state index contributed by atoms with van der Waals surface area (Å²) in [5, 5.41) is 0. The molecular weight excluding hydrogens is 204 g/mol. The Labute approximate surface area is 98.1 Å². The van der Waals surface area contributed by atoms with Crippen LogP contribution in [-0.4, -0.2) is 11.8 Å². The second-order valence-electron chi connectivity index (χ2n) is 4.10. The van der Waals surface area contributed by atoms with Crippen LogP contribution in [0.3, 0.4) is 0 Å². The fourth-order valence-corrected chi connectivity index (χ4v) is 1.46. The molecule has 0 radical (unpaired) electrons. The Kier molecular flexibility index (Phi) is 9.76. The quantitative estimate of drug-likeness (QED) is 0.494. The number of hydrogen-bond donors (Lipinski definition) is 2. The maximum atomic E-state index is 11.2. The molecule has 2 amide bonds. The van der Waals surface area contributed by atoms with Gasteiger partial charge in [0.25, 0.3) is 0 Å². The van der Waals surface area contributed by atoms with Gasteiger partial charge in [0.1, 0.15) is 0 Å². The molecule has 0 aromatic carbocycles. The second kappa shape index (κ2) is 10.5. The SMILES string of the molecule is CCCCCCCCCC(=O)NNC(C)=O. The number of nitrogens with one attached hydrogen (secondary N) is 2. The van der Waals surface area contributed by atoms with E-state index in [9.17, 15) is 9.59 Å². The number of rotatable bonds is 8. The van der Waals surface area contributed by atoms with Crippen LogP contribution in [0.25, 0.3) is 0 Å². The van der Waals surface area contributed by atoms with E-state index in [4.69, 9.17) is 0 Å². The summed E-state index contributed by atoms with van der Waals surface area (Å²) in [6.45, 7) is 3.57.